The lowest BCUT2D eigenvalue weighted by Crippen LogP contribution is -2.52. The number of hydrogen-bond acceptors (Lipinski definition) is 7. The highest BCUT2D eigenvalue weighted by Crippen LogP contribution is 2.29. The molecule has 9 heteroatoms. The third-order valence-corrected chi connectivity index (χ3v) is 7.47. The van der Waals surface area contributed by atoms with Gasteiger partial charge in [0.05, 0.1) is 20.3 Å². The van der Waals surface area contributed by atoms with Crippen molar-refractivity contribution in [3.05, 3.63) is 16.3 Å². The van der Waals surface area contributed by atoms with E-state index in [1.54, 1.807) is 5.38 Å². The SMILES string of the molecule is COC(=O)c1sccc1S(=O)(=O)N1CCC[C@@H](N2CCOCC2)C1. The Kier molecular flexibility index (Phi) is 5.56. The van der Waals surface area contributed by atoms with Crippen LogP contribution in [0.3, 0.4) is 0 Å². The van der Waals surface area contributed by atoms with Gasteiger partial charge in [-0.05, 0) is 24.3 Å². The first-order valence-electron chi connectivity index (χ1n) is 8.02. The van der Waals surface area contributed by atoms with Gasteiger partial charge in [0.2, 0.25) is 10.0 Å². The first-order chi connectivity index (χ1) is 11.5. The summed E-state index contributed by atoms with van der Waals surface area (Å²) in [5, 5.41) is 1.61. The van der Waals surface area contributed by atoms with Gasteiger partial charge in [-0.3, -0.25) is 4.90 Å². The topological polar surface area (TPSA) is 76.2 Å². The van der Waals surface area contributed by atoms with Crippen molar-refractivity contribution in [2.24, 2.45) is 0 Å². The third kappa shape index (κ3) is 3.50. The van der Waals surface area contributed by atoms with Crippen LogP contribution in [0.15, 0.2) is 16.3 Å². The maximum absolute atomic E-state index is 13.0. The van der Waals surface area contributed by atoms with Crippen LogP contribution in [-0.2, 0) is 19.5 Å². The van der Waals surface area contributed by atoms with Crippen LogP contribution in [0, 0.1) is 0 Å². The second kappa shape index (κ2) is 7.49. The van der Waals surface area contributed by atoms with Crippen molar-refractivity contribution in [1.82, 2.24) is 9.21 Å². The van der Waals surface area contributed by atoms with E-state index >= 15 is 0 Å². The van der Waals surface area contributed by atoms with Gasteiger partial charge in [-0.25, -0.2) is 13.2 Å². The van der Waals surface area contributed by atoms with Crippen molar-refractivity contribution in [2.45, 2.75) is 23.8 Å². The number of carbonyl (C=O) groups is 1. The number of hydrogen-bond donors (Lipinski definition) is 0. The molecule has 0 N–H and O–H groups in total. The minimum Gasteiger partial charge on any atom is -0.465 e. The molecule has 0 bridgehead atoms. The number of methoxy groups -OCH3 is 1. The molecule has 1 atom stereocenters. The fourth-order valence-electron chi connectivity index (χ4n) is 3.26. The van der Waals surface area contributed by atoms with E-state index in [1.807, 2.05) is 0 Å². The Labute approximate surface area is 146 Å². The van der Waals surface area contributed by atoms with E-state index < -0.39 is 16.0 Å². The van der Waals surface area contributed by atoms with Gasteiger partial charge in [-0.2, -0.15) is 4.31 Å². The molecule has 3 rings (SSSR count). The highest BCUT2D eigenvalue weighted by atomic mass is 32.2. The number of sulfonamides is 1. The maximum Gasteiger partial charge on any atom is 0.349 e. The largest absolute Gasteiger partial charge is 0.465 e. The highest BCUT2D eigenvalue weighted by Gasteiger charge is 2.35. The van der Waals surface area contributed by atoms with Crippen LogP contribution in [-0.4, -0.2) is 76.1 Å². The molecular formula is C15H22N2O5S2. The number of piperidine rings is 1. The second-order valence-electron chi connectivity index (χ2n) is 5.91. The molecule has 0 aliphatic carbocycles. The zero-order valence-corrected chi connectivity index (χ0v) is 15.3. The van der Waals surface area contributed by atoms with Gasteiger partial charge in [0, 0.05) is 32.2 Å². The van der Waals surface area contributed by atoms with Crippen molar-refractivity contribution < 1.29 is 22.7 Å². The van der Waals surface area contributed by atoms with Crippen molar-refractivity contribution in [2.75, 3.05) is 46.5 Å². The van der Waals surface area contributed by atoms with Crippen molar-refractivity contribution in [1.29, 1.82) is 0 Å². The predicted molar refractivity (Wildman–Crippen MR) is 89.8 cm³/mol. The molecule has 1 aromatic rings. The van der Waals surface area contributed by atoms with Gasteiger partial charge in [-0.15, -0.1) is 11.3 Å². The van der Waals surface area contributed by atoms with Gasteiger partial charge in [0.15, 0.2) is 0 Å². The zero-order valence-electron chi connectivity index (χ0n) is 13.6. The average Bonchev–Trinajstić information content (AvgIpc) is 3.12. The number of nitrogens with zero attached hydrogens (tertiary/aromatic N) is 2. The van der Waals surface area contributed by atoms with Crippen molar-refractivity contribution >= 4 is 27.3 Å². The van der Waals surface area contributed by atoms with Crippen molar-refractivity contribution in [3.8, 4) is 0 Å². The molecule has 0 amide bonds. The predicted octanol–water partition coefficient (Wildman–Crippen LogP) is 1.02. The third-order valence-electron chi connectivity index (χ3n) is 4.54. The summed E-state index contributed by atoms with van der Waals surface area (Å²) in [6.45, 7) is 4.01. The number of esters is 1. The normalized spacial score (nSPS) is 24.0. The zero-order chi connectivity index (χ0) is 17.2. The molecule has 2 saturated heterocycles. The average molecular weight is 374 g/mol. The van der Waals surface area contributed by atoms with E-state index in [0.29, 0.717) is 26.3 Å². The second-order valence-corrected chi connectivity index (χ2v) is 8.74. The van der Waals surface area contributed by atoms with Gasteiger partial charge >= 0.3 is 5.97 Å². The monoisotopic (exact) mass is 374 g/mol. The smallest absolute Gasteiger partial charge is 0.349 e. The van der Waals surface area contributed by atoms with E-state index in [-0.39, 0.29) is 15.8 Å². The Morgan fingerprint density at radius 2 is 2.08 bits per heavy atom. The van der Waals surface area contributed by atoms with E-state index in [2.05, 4.69) is 4.90 Å². The highest BCUT2D eigenvalue weighted by molar-refractivity contribution is 7.89. The first kappa shape index (κ1) is 17.8. The summed E-state index contributed by atoms with van der Waals surface area (Å²) < 4.78 is 37.6. The number of ether oxygens (including phenoxy) is 2. The summed E-state index contributed by atoms with van der Waals surface area (Å²) in [4.78, 5) is 14.3. The van der Waals surface area contributed by atoms with Crippen LogP contribution in [0.4, 0.5) is 0 Å². The number of morpholine rings is 1. The van der Waals surface area contributed by atoms with Gasteiger partial charge in [0.25, 0.3) is 0 Å². The van der Waals surface area contributed by atoms with Gasteiger partial charge < -0.3 is 9.47 Å². The molecule has 134 valence electrons. The molecule has 24 heavy (non-hydrogen) atoms. The van der Waals surface area contributed by atoms with Gasteiger partial charge in [-0.1, -0.05) is 0 Å². The van der Waals surface area contributed by atoms with E-state index in [1.165, 1.54) is 17.5 Å². The van der Waals surface area contributed by atoms with E-state index in [4.69, 9.17) is 9.47 Å². The van der Waals surface area contributed by atoms with Crippen LogP contribution in [0.5, 0.6) is 0 Å². The molecule has 0 aromatic carbocycles. The molecule has 0 spiro atoms. The Morgan fingerprint density at radius 1 is 1.33 bits per heavy atom. The molecule has 3 heterocycles. The van der Waals surface area contributed by atoms with Crippen LogP contribution < -0.4 is 0 Å². The van der Waals surface area contributed by atoms with Crippen LogP contribution in [0.2, 0.25) is 0 Å². The lowest BCUT2D eigenvalue weighted by molar-refractivity contribution is 0.00537. The quantitative estimate of drug-likeness (QED) is 0.733. The minimum absolute atomic E-state index is 0.0574. The molecule has 2 aliphatic heterocycles. The Morgan fingerprint density at radius 3 is 2.79 bits per heavy atom. The molecule has 2 fully saturated rings. The molecule has 1 aromatic heterocycles. The van der Waals surface area contributed by atoms with E-state index in [9.17, 15) is 13.2 Å². The Balaban J connectivity index is 1.79. The number of rotatable bonds is 4. The Bertz CT molecular complexity index is 682. The molecule has 0 saturated carbocycles. The standard InChI is InChI=1S/C15H22N2O5S2/c1-21-15(18)14-13(4-10-23-14)24(19,20)17-5-2-3-12(11-17)16-6-8-22-9-7-16/h4,10,12H,2-3,5-9,11H2,1H3/t12-/m1/s1. The number of carbonyl (C=O) groups excluding carboxylic acids is 1. The van der Waals surface area contributed by atoms with Crippen LogP contribution >= 0.6 is 11.3 Å². The summed E-state index contributed by atoms with van der Waals surface area (Å²) in [6.07, 6.45) is 1.80. The van der Waals surface area contributed by atoms with Gasteiger partial charge in [0.1, 0.15) is 9.77 Å². The van der Waals surface area contributed by atoms with Crippen molar-refractivity contribution in [3.63, 3.8) is 0 Å². The summed E-state index contributed by atoms with van der Waals surface area (Å²) in [6, 6.07) is 1.70. The Hall–Kier alpha value is -1.00. The molecule has 7 nitrogen and oxygen atoms in total. The minimum atomic E-state index is -3.69. The first-order valence-corrected chi connectivity index (χ1v) is 10.3. The lowest BCUT2D eigenvalue weighted by atomic mass is 10.1. The maximum atomic E-state index is 13.0. The molecule has 0 radical (unpaired) electrons. The molecular weight excluding hydrogens is 352 g/mol. The lowest BCUT2D eigenvalue weighted by Gasteiger charge is -2.40. The summed E-state index contributed by atoms with van der Waals surface area (Å²) in [7, 11) is -2.43. The fourth-order valence-corrected chi connectivity index (χ4v) is 6.09. The summed E-state index contributed by atoms with van der Waals surface area (Å²) in [5.41, 5.74) is 0. The van der Waals surface area contributed by atoms with E-state index in [0.717, 1.165) is 37.3 Å². The van der Waals surface area contributed by atoms with Crippen LogP contribution in [0.25, 0.3) is 0 Å². The fraction of sp³-hybridized carbons (Fsp3) is 0.667. The molecule has 2 aliphatic rings. The van der Waals surface area contributed by atoms with Crippen LogP contribution in [0.1, 0.15) is 22.5 Å². The summed E-state index contributed by atoms with van der Waals surface area (Å²) >= 11 is 1.09. The molecule has 0 unspecified atom stereocenters. The summed E-state index contributed by atoms with van der Waals surface area (Å²) in [5.74, 6) is -0.606. The number of thiophene rings is 1.